The van der Waals surface area contributed by atoms with Gasteiger partial charge in [-0.2, -0.15) is 0 Å². The highest BCUT2D eigenvalue weighted by Crippen LogP contribution is 2.39. The Balaban J connectivity index is 1.77. The maximum Gasteiger partial charge on any atom is 0.227 e. The lowest BCUT2D eigenvalue weighted by molar-refractivity contribution is -0.128. The number of carbonyl (C=O) groups excluding carboxylic acids is 1. The molecule has 2 atom stereocenters. The number of hydrazine groups is 1. The Kier molecular flexibility index (Phi) is 4.76. The summed E-state index contributed by atoms with van der Waals surface area (Å²) < 4.78 is 19.6. The number of ether oxygens (including phenoxy) is 1. The van der Waals surface area contributed by atoms with Gasteiger partial charge in [0.1, 0.15) is 5.82 Å². The van der Waals surface area contributed by atoms with Crippen LogP contribution >= 0.6 is 0 Å². The van der Waals surface area contributed by atoms with E-state index in [1.165, 1.54) is 6.07 Å². The molecule has 1 aromatic carbocycles. The molecule has 2 aliphatic rings. The SMILES string of the molecule is CN1NC(C(C)(C)NC(=O)C2CNCCOC2)c2cccc(F)c21. The second kappa shape index (κ2) is 6.66. The molecule has 0 bridgehead atoms. The maximum absolute atomic E-state index is 14.1. The molecule has 24 heavy (non-hydrogen) atoms. The lowest BCUT2D eigenvalue weighted by atomic mass is 9.88. The van der Waals surface area contributed by atoms with Crippen LogP contribution < -0.4 is 21.1 Å². The van der Waals surface area contributed by atoms with Crippen LogP contribution in [0.4, 0.5) is 10.1 Å². The van der Waals surface area contributed by atoms with Crippen molar-refractivity contribution in [2.75, 3.05) is 38.4 Å². The molecule has 3 rings (SSSR count). The summed E-state index contributed by atoms with van der Waals surface area (Å²) in [6.45, 7) is 6.29. The number of hydrogen-bond donors (Lipinski definition) is 3. The Morgan fingerprint density at radius 1 is 1.46 bits per heavy atom. The minimum absolute atomic E-state index is 0.0521. The molecule has 1 aromatic rings. The number of para-hydroxylation sites is 1. The molecule has 2 heterocycles. The van der Waals surface area contributed by atoms with Gasteiger partial charge in [0, 0.05) is 25.7 Å². The maximum atomic E-state index is 14.1. The van der Waals surface area contributed by atoms with Crippen molar-refractivity contribution in [2.24, 2.45) is 5.92 Å². The van der Waals surface area contributed by atoms with E-state index in [1.54, 1.807) is 18.1 Å². The average molecular weight is 336 g/mol. The van der Waals surface area contributed by atoms with E-state index in [0.29, 0.717) is 25.4 Å². The van der Waals surface area contributed by atoms with Gasteiger partial charge in [0.25, 0.3) is 0 Å². The third-order valence-corrected chi connectivity index (χ3v) is 4.66. The number of carbonyl (C=O) groups is 1. The van der Waals surface area contributed by atoms with Crippen molar-refractivity contribution in [1.29, 1.82) is 0 Å². The predicted molar refractivity (Wildman–Crippen MR) is 90.1 cm³/mol. The number of nitrogens with zero attached hydrogens (tertiary/aromatic N) is 1. The van der Waals surface area contributed by atoms with Crippen molar-refractivity contribution >= 4 is 11.6 Å². The van der Waals surface area contributed by atoms with Gasteiger partial charge in [0.2, 0.25) is 5.91 Å². The van der Waals surface area contributed by atoms with Gasteiger partial charge in [0.15, 0.2) is 0 Å². The predicted octanol–water partition coefficient (Wildman–Crippen LogP) is 0.952. The standard InChI is InChI=1S/C17H25FN4O2/c1-17(2,20-16(23)11-9-19-7-8-24-10-11)15-12-5-4-6-13(18)14(12)22(3)21-15/h4-6,11,15,19,21H,7-10H2,1-3H3,(H,20,23). The second-order valence-corrected chi connectivity index (χ2v) is 6.99. The van der Waals surface area contributed by atoms with E-state index >= 15 is 0 Å². The minimum atomic E-state index is -0.587. The molecule has 2 aliphatic heterocycles. The van der Waals surface area contributed by atoms with Crippen LogP contribution in [-0.4, -0.2) is 44.8 Å². The van der Waals surface area contributed by atoms with Gasteiger partial charge in [-0.15, -0.1) is 0 Å². The number of amides is 1. The third kappa shape index (κ3) is 3.24. The smallest absolute Gasteiger partial charge is 0.227 e. The molecule has 0 spiro atoms. The molecule has 0 aromatic heterocycles. The lowest BCUT2D eigenvalue weighted by Gasteiger charge is -2.34. The summed E-state index contributed by atoms with van der Waals surface area (Å²) in [5.74, 6) is -0.546. The Morgan fingerprint density at radius 2 is 2.25 bits per heavy atom. The summed E-state index contributed by atoms with van der Waals surface area (Å²) in [5, 5.41) is 7.99. The fraction of sp³-hybridized carbons (Fsp3) is 0.588. The molecule has 7 heteroatoms. The zero-order valence-corrected chi connectivity index (χ0v) is 14.4. The zero-order valence-electron chi connectivity index (χ0n) is 14.4. The Labute approximate surface area is 141 Å². The highest BCUT2D eigenvalue weighted by Gasteiger charge is 2.41. The van der Waals surface area contributed by atoms with Crippen LogP contribution in [0.1, 0.15) is 25.5 Å². The average Bonchev–Trinajstić information content (AvgIpc) is 2.72. The molecule has 0 saturated carbocycles. The molecule has 0 aliphatic carbocycles. The van der Waals surface area contributed by atoms with Crippen LogP contribution in [0.3, 0.4) is 0 Å². The van der Waals surface area contributed by atoms with Gasteiger partial charge in [0.05, 0.1) is 36.4 Å². The van der Waals surface area contributed by atoms with Crippen LogP contribution in [0.15, 0.2) is 18.2 Å². The number of hydrogen-bond acceptors (Lipinski definition) is 5. The van der Waals surface area contributed by atoms with Gasteiger partial charge in [-0.3, -0.25) is 4.79 Å². The molecule has 1 fully saturated rings. The number of rotatable bonds is 3. The van der Waals surface area contributed by atoms with E-state index in [-0.39, 0.29) is 23.7 Å². The normalized spacial score (nSPS) is 24.4. The number of fused-ring (bicyclic) bond motifs is 1. The first-order chi connectivity index (χ1) is 11.4. The minimum Gasteiger partial charge on any atom is -0.379 e. The molecule has 2 unspecified atom stereocenters. The van der Waals surface area contributed by atoms with E-state index in [1.807, 2.05) is 19.9 Å². The summed E-state index contributed by atoms with van der Waals surface area (Å²) >= 11 is 0. The molecule has 3 N–H and O–H groups in total. The first kappa shape index (κ1) is 17.1. The molecule has 0 radical (unpaired) electrons. The summed E-state index contributed by atoms with van der Waals surface area (Å²) in [5.41, 5.74) is 4.04. The van der Waals surface area contributed by atoms with E-state index in [2.05, 4.69) is 16.1 Å². The molecule has 132 valence electrons. The molecule has 6 nitrogen and oxygen atoms in total. The summed E-state index contributed by atoms with van der Waals surface area (Å²) in [6, 6.07) is 4.82. The molecule has 1 saturated heterocycles. The Hall–Kier alpha value is -1.70. The van der Waals surface area contributed by atoms with Crippen LogP contribution in [0.25, 0.3) is 0 Å². The fourth-order valence-corrected chi connectivity index (χ4v) is 3.36. The van der Waals surface area contributed by atoms with Crippen molar-refractivity contribution in [3.8, 4) is 0 Å². The van der Waals surface area contributed by atoms with E-state index in [0.717, 1.165) is 12.1 Å². The van der Waals surface area contributed by atoms with E-state index in [9.17, 15) is 9.18 Å². The van der Waals surface area contributed by atoms with Crippen molar-refractivity contribution < 1.29 is 13.9 Å². The number of anilines is 1. The quantitative estimate of drug-likeness (QED) is 0.767. The van der Waals surface area contributed by atoms with E-state index < -0.39 is 5.54 Å². The number of halogens is 1. The summed E-state index contributed by atoms with van der Waals surface area (Å²) in [6.07, 6.45) is 0. The molecule has 1 amide bonds. The van der Waals surface area contributed by atoms with Crippen LogP contribution in [-0.2, 0) is 9.53 Å². The van der Waals surface area contributed by atoms with Gasteiger partial charge in [-0.1, -0.05) is 12.1 Å². The van der Waals surface area contributed by atoms with Crippen molar-refractivity contribution in [3.63, 3.8) is 0 Å². The first-order valence-electron chi connectivity index (χ1n) is 8.29. The van der Waals surface area contributed by atoms with Crippen LogP contribution in [0, 0.1) is 11.7 Å². The summed E-state index contributed by atoms with van der Waals surface area (Å²) in [4.78, 5) is 12.6. The van der Waals surface area contributed by atoms with Gasteiger partial charge in [-0.25, -0.2) is 9.82 Å². The number of benzene rings is 1. The van der Waals surface area contributed by atoms with Crippen LogP contribution in [0.5, 0.6) is 0 Å². The highest BCUT2D eigenvalue weighted by atomic mass is 19.1. The van der Waals surface area contributed by atoms with Gasteiger partial charge < -0.3 is 20.4 Å². The lowest BCUT2D eigenvalue weighted by Crippen LogP contribution is -2.55. The monoisotopic (exact) mass is 336 g/mol. The zero-order chi connectivity index (χ0) is 17.3. The van der Waals surface area contributed by atoms with Crippen molar-refractivity contribution in [3.05, 3.63) is 29.6 Å². The van der Waals surface area contributed by atoms with Crippen LogP contribution in [0.2, 0.25) is 0 Å². The third-order valence-electron chi connectivity index (χ3n) is 4.66. The van der Waals surface area contributed by atoms with Crippen molar-refractivity contribution in [1.82, 2.24) is 16.1 Å². The van der Waals surface area contributed by atoms with Gasteiger partial charge >= 0.3 is 0 Å². The topological polar surface area (TPSA) is 65.6 Å². The van der Waals surface area contributed by atoms with E-state index in [4.69, 9.17) is 4.74 Å². The second-order valence-electron chi connectivity index (χ2n) is 6.99. The fourth-order valence-electron chi connectivity index (χ4n) is 3.36. The highest BCUT2D eigenvalue weighted by molar-refractivity contribution is 5.80. The van der Waals surface area contributed by atoms with Gasteiger partial charge in [-0.05, 0) is 19.9 Å². The largest absolute Gasteiger partial charge is 0.379 e. The Morgan fingerprint density at radius 3 is 3.04 bits per heavy atom. The summed E-state index contributed by atoms with van der Waals surface area (Å²) in [7, 11) is 1.78. The number of nitrogens with one attached hydrogen (secondary N) is 3. The first-order valence-corrected chi connectivity index (χ1v) is 8.29. The molecular formula is C17H25FN4O2. The molecular weight excluding hydrogens is 311 g/mol. The Bertz CT molecular complexity index is 615. The van der Waals surface area contributed by atoms with Crippen molar-refractivity contribution in [2.45, 2.75) is 25.4 Å².